The molecule has 0 radical (unpaired) electrons. The molecule has 6 heteroatoms. The average molecular weight is 415 g/mol. The van der Waals surface area contributed by atoms with Crippen molar-refractivity contribution in [1.29, 1.82) is 0 Å². The van der Waals surface area contributed by atoms with Crippen LogP contribution < -0.4 is 0 Å². The van der Waals surface area contributed by atoms with Gasteiger partial charge in [0.2, 0.25) is 5.82 Å². The van der Waals surface area contributed by atoms with E-state index >= 15 is 0 Å². The summed E-state index contributed by atoms with van der Waals surface area (Å²) in [7, 11) is 1.87. The molecule has 1 atom stereocenters. The molecule has 5 rings (SSSR count). The normalized spacial score (nSPS) is 15.8. The molecule has 2 heterocycles. The minimum atomic E-state index is -0.417. The molecule has 1 aliphatic heterocycles. The average Bonchev–Trinajstić information content (AvgIpc) is 3.25. The molecule has 1 unspecified atom stereocenters. The molecule has 0 N–H and O–H groups in total. The molecule has 0 saturated heterocycles. The van der Waals surface area contributed by atoms with Crippen molar-refractivity contribution in [3.63, 3.8) is 0 Å². The lowest BCUT2D eigenvalue weighted by Gasteiger charge is -2.43. The lowest BCUT2D eigenvalue weighted by atomic mass is 9.83. The van der Waals surface area contributed by atoms with Crippen molar-refractivity contribution >= 4 is 5.70 Å². The van der Waals surface area contributed by atoms with Gasteiger partial charge in [-0.15, -0.1) is 0 Å². The maximum absolute atomic E-state index is 14.6. The molecule has 0 spiro atoms. The van der Waals surface area contributed by atoms with E-state index in [0.29, 0.717) is 17.9 Å². The first kappa shape index (κ1) is 19.2. The Morgan fingerprint density at radius 3 is 2.29 bits per heavy atom. The van der Waals surface area contributed by atoms with Crippen LogP contribution in [0.2, 0.25) is 0 Å². The van der Waals surface area contributed by atoms with Crippen LogP contribution in [0.5, 0.6) is 0 Å². The second-order valence-electron chi connectivity index (χ2n) is 7.47. The third-order valence-electron chi connectivity index (χ3n) is 5.55. The second-order valence-corrected chi connectivity index (χ2v) is 7.47. The van der Waals surface area contributed by atoms with Crippen LogP contribution in [-0.4, -0.2) is 22.1 Å². The van der Waals surface area contributed by atoms with Gasteiger partial charge < -0.3 is 9.42 Å². The summed E-state index contributed by atoms with van der Waals surface area (Å²) in [6, 6.07) is 22.8. The van der Waals surface area contributed by atoms with E-state index in [-0.39, 0.29) is 23.2 Å². The summed E-state index contributed by atoms with van der Waals surface area (Å²) in [6.07, 6.45) is 0.608. The Morgan fingerprint density at radius 1 is 0.871 bits per heavy atom. The zero-order chi connectivity index (χ0) is 21.4. The van der Waals surface area contributed by atoms with Gasteiger partial charge in [0.1, 0.15) is 17.3 Å². The lowest BCUT2D eigenvalue weighted by Crippen LogP contribution is -2.37. The SMILES string of the molecule is CN1C(c2nc(-c3ccccc3F)no2)=C(Cc2ccccc2)C1c1ccccc1F. The van der Waals surface area contributed by atoms with Gasteiger partial charge in [0, 0.05) is 12.6 Å². The number of halogens is 2. The van der Waals surface area contributed by atoms with Gasteiger partial charge in [-0.2, -0.15) is 4.98 Å². The highest BCUT2D eigenvalue weighted by Gasteiger charge is 2.40. The van der Waals surface area contributed by atoms with Crippen LogP contribution >= 0.6 is 0 Å². The zero-order valence-corrected chi connectivity index (χ0v) is 16.8. The van der Waals surface area contributed by atoms with Crippen LogP contribution in [0, 0.1) is 11.6 Å². The Kier molecular flexibility index (Phi) is 4.82. The van der Waals surface area contributed by atoms with E-state index in [0.717, 1.165) is 16.8 Å². The summed E-state index contributed by atoms with van der Waals surface area (Å²) in [6.45, 7) is 0. The third-order valence-corrected chi connectivity index (χ3v) is 5.55. The Labute approximate surface area is 178 Å². The fourth-order valence-electron chi connectivity index (χ4n) is 4.10. The van der Waals surface area contributed by atoms with E-state index in [1.54, 1.807) is 30.3 Å². The summed E-state index contributed by atoms with van der Waals surface area (Å²) in [5.74, 6) is -0.206. The van der Waals surface area contributed by atoms with Crippen molar-refractivity contribution in [2.75, 3.05) is 7.05 Å². The summed E-state index contributed by atoms with van der Waals surface area (Å²) < 4.78 is 34.3. The highest BCUT2D eigenvalue weighted by Crippen LogP contribution is 2.48. The molecule has 0 saturated carbocycles. The topological polar surface area (TPSA) is 42.2 Å². The molecular formula is C25H19F2N3O. The monoisotopic (exact) mass is 415 g/mol. The number of likely N-dealkylation sites (N-methyl/N-ethyl adjacent to an activating group) is 1. The van der Waals surface area contributed by atoms with Gasteiger partial charge in [-0.25, -0.2) is 8.78 Å². The molecule has 0 aliphatic carbocycles. The Hall–Kier alpha value is -3.80. The molecule has 154 valence electrons. The van der Waals surface area contributed by atoms with Gasteiger partial charge in [0.15, 0.2) is 0 Å². The standard InChI is InChI=1S/C25H19F2N3O/c1-30-22(17-11-5-7-13-20(17)26)19(15-16-9-3-2-4-10-16)23(30)25-28-24(29-31-25)18-12-6-8-14-21(18)27/h2-14,22H,15H2,1H3. The van der Waals surface area contributed by atoms with Crippen molar-refractivity contribution in [3.8, 4) is 11.4 Å². The Morgan fingerprint density at radius 2 is 1.55 bits per heavy atom. The molecule has 4 aromatic rings. The van der Waals surface area contributed by atoms with Crippen molar-refractivity contribution < 1.29 is 13.3 Å². The fourth-order valence-corrected chi connectivity index (χ4v) is 4.10. The van der Waals surface area contributed by atoms with Crippen LogP contribution in [0.3, 0.4) is 0 Å². The maximum atomic E-state index is 14.6. The van der Waals surface area contributed by atoms with Crippen LogP contribution in [0.4, 0.5) is 8.78 Å². The fraction of sp³-hybridized carbons (Fsp3) is 0.120. The van der Waals surface area contributed by atoms with Gasteiger partial charge in [-0.3, -0.25) is 0 Å². The number of aromatic nitrogens is 2. The number of hydrogen-bond acceptors (Lipinski definition) is 4. The van der Waals surface area contributed by atoms with Crippen molar-refractivity contribution in [2.45, 2.75) is 12.5 Å². The highest BCUT2D eigenvalue weighted by molar-refractivity contribution is 5.72. The van der Waals surface area contributed by atoms with Crippen LogP contribution in [0.1, 0.15) is 23.1 Å². The van der Waals surface area contributed by atoms with Gasteiger partial charge in [-0.1, -0.05) is 65.8 Å². The number of nitrogens with zero attached hydrogens (tertiary/aromatic N) is 3. The quantitative estimate of drug-likeness (QED) is 0.422. The minimum Gasteiger partial charge on any atom is -0.359 e. The highest BCUT2D eigenvalue weighted by atomic mass is 19.1. The van der Waals surface area contributed by atoms with Crippen LogP contribution in [-0.2, 0) is 6.42 Å². The van der Waals surface area contributed by atoms with Crippen LogP contribution in [0.25, 0.3) is 17.1 Å². The van der Waals surface area contributed by atoms with E-state index in [9.17, 15) is 8.78 Å². The molecule has 31 heavy (non-hydrogen) atoms. The summed E-state index contributed by atoms with van der Waals surface area (Å²) in [4.78, 5) is 6.37. The minimum absolute atomic E-state index is 0.183. The van der Waals surface area contributed by atoms with Crippen molar-refractivity contribution in [2.24, 2.45) is 0 Å². The van der Waals surface area contributed by atoms with E-state index in [1.165, 1.54) is 12.1 Å². The predicted octanol–water partition coefficient (Wildman–Crippen LogP) is 5.66. The number of hydrogen-bond donors (Lipinski definition) is 0. The largest absolute Gasteiger partial charge is 0.359 e. The Bertz CT molecular complexity index is 1270. The summed E-state index contributed by atoms with van der Waals surface area (Å²) >= 11 is 0. The van der Waals surface area contributed by atoms with E-state index in [2.05, 4.69) is 10.1 Å². The van der Waals surface area contributed by atoms with Gasteiger partial charge >= 0.3 is 0 Å². The first-order valence-corrected chi connectivity index (χ1v) is 9.96. The first-order chi connectivity index (χ1) is 15.1. The third kappa shape index (κ3) is 3.40. The number of rotatable bonds is 5. The lowest BCUT2D eigenvalue weighted by molar-refractivity contribution is 0.303. The molecular weight excluding hydrogens is 396 g/mol. The molecule has 3 aromatic carbocycles. The van der Waals surface area contributed by atoms with E-state index in [4.69, 9.17) is 4.52 Å². The van der Waals surface area contributed by atoms with Gasteiger partial charge in [0.25, 0.3) is 5.89 Å². The molecule has 0 amide bonds. The molecule has 0 bridgehead atoms. The predicted molar refractivity (Wildman–Crippen MR) is 114 cm³/mol. The van der Waals surface area contributed by atoms with Crippen molar-refractivity contribution in [3.05, 3.63) is 113 Å². The number of benzene rings is 3. The second kappa shape index (κ2) is 7.80. The van der Waals surface area contributed by atoms with E-state index in [1.807, 2.05) is 48.3 Å². The molecule has 1 aliphatic rings. The van der Waals surface area contributed by atoms with Gasteiger partial charge in [0.05, 0.1) is 11.6 Å². The smallest absolute Gasteiger partial charge is 0.274 e. The summed E-state index contributed by atoms with van der Waals surface area (Å²) in [5.41, 5.74) is 3.68. The Balaban J connectivity index is 1.59. The van der Waals surface area contributed by atoms with E-state index < -0.39 is 5.82 Å². The zero-order valence-electron chi connectivity index (χ0n) is 16.8. The molecule has 1 aromatic heterocycles. The first-order valence-electron chi connectivity index (χ1n) is 9.96. The summed E-state index contributed by atoms with van der Waals surface area (Å²) in [5, 5.41) is 3.98. The van der Waals surface area contributed by atoms with Crippen LogP contribution in [0.15, 0.2) is 89.0 Å². The van der Waals surface area contributed by atoms with Crippen molar-refractivity contribution in [1.82, 2.24) is 15.0 Å². The molecule has 4 nitrogen and oxygen atoms in total. The maximum Gasteiger partial charge on any atom is 0.274 e. The van der Waals surface area contributed by atoms with Gasteiger partial charge in [-0.05, 0) is 35.8 Å². The molecule has 0 fully saturated rings.